The number of hydrogen-bond acceptors (Lipinski definition) is 10. The van der Waals surface area contributed by atoms with E-state index in [2.05, 4.69) is 16.0 Å². The third-order valence-electron chi connectivity index (χ3n) is 5.23. The van der Waals surface area contributed by atoms with E-state index < -0.39 is 40.0 Å². The van der Waals surface area contributed by atoms with Crippen LogP contribution in [0.2, 0.25) is 15.1 Å². The fourth-order valence-corrected chi connectivity index (χ4v) is 4.58. The summed E-state index contributed by atoms with van der Waals surface area (Å²) in [7, 11) is 0. The number of halogens is 3. The third kappa shape index (κ3) is 19.2. The van der Waals surface area contributed by atoms with Gasteiger partial charge in [0.05, 0.1) is 20.7 Å². The lowest BCUT2D eigenvalue weighted by molar-refractivity contribution is -0.383. The highest BCUT2D eigenvalue weighted by Gasteiger charge is 2.21. The molecule has 0 atom stereocenters. The summed E-state index contributed by atoms with van der Waals surface area (Å²) in [4.78, 5) is 45.6. The van der Waals surface area contributed by atoms with Crippen LogP contribution in [0.25, 0.3) is 0 Å². The maximum atomic E-state index is 11.5. The van der Waals surface area contributed by atoms with Crippen LogP contribution in [0, 0.1) is 10.1 Å². The van der Waals surface area contributed by atoms with E-state index >= 15 is 0 Å². The van der Waals surface area contributed by atoms with E-state index in [0.717, 1.165) is 11.0 Å². The molecule has 17 heteroatoms. The van der Waals surface area contributed by atoms with Crippen LogP contribution < -0.4 is 21.7 Å². The first kappa shape index (κ1) is 44.9. The van der Waals surface area contributed by atoms with E-state index in [-0.39, 0.29) is 16.4 Å². The molecule has 0 aliphatic heterocycles. The summed E-state index contributed by atoms with van der Waals surface area (Å²) < 4.78 is 15.2. The van der Waals surface area contributed by atoms with Gasteiger partial charge >= 0.3 is 18.3 Å². The largest absolute Gasteiger partial charge is 0.444 e. The second-order valence-corrected chi connectivity index (χ2v) is 15.5. The maximum Gasteiger partial charge on any atom is 0.412 e. The Kier molecular flexibility index (Phi) is 17.2. The van der Waals surface area contributed by atoms with E-state index in [1.165, 1.54) is 12.1 Å². The number of amides is 3. The molecule has 0 saturated carbocycles. The number of nitrogen functional groups attached to an aromatic ring is 1. The van der Waals surface area contributed by atoms with Gasteiger partial charge in [-0.1, -0.05) is 34.8 Å². The van der Waals surface area contributed by atoms with Crippen molar-refractivity contribution in [1.29, 1.82) is 0 Å². The van der Waals surface area contributed by atoms with Gasteiger partial charge in [-0.25, -0.2) is 14.4 Å². The fourth-order valence-electron chi connectivity index (χ4n) is 3.37. The van der Waals surface area contributed by atoms with Gasteiger partial charge in [0.2, 0.25) is 0 Å². The number of hydrogen-bond donors (Lipinski definition) is 4. The molecule has 5 N–H and O–H groups in total. The van der Waals surface area contributed by atoms with Crippen molar-refractivity contribution in [1.82, 2.24) is 0 Å². The second-order valence-electron chi connectivity index (χ2n) is 13.4. The molecular formula is C34H44Cl3N5O8S. The van der Waals surface area contributed by atoms with Gasteiger partial charge in [-0.15, -0.1) is 11.8 Å². The van der Waals surface area contributed by atoms with Crippen molar-refractivity contribution in [3.63, 3.8) is 0 Å². The van der Waals surface area contributed by atoms with Crippen molar-refractivity contribution < 1.29 is 33.5 Å². The standard InChI is InChI=1S/C12H16ClNO2S.C11H13ClN2O4.C11H15ClN2O2/c1-12(2,3)16-11(15)14-8-5-6-10(17-4)9(13)7-8;1-11(2,3)18-10(15)13-8-5-4-7(12)6-9(8)14(16)17;1-11(2,3)16-10(15)14-7-4-5-9(13)8(12)6-7/h5-7H,1-4H3,(H,14,15);4-6H,1-3H3,(H,13,15);4-6H,13H2,1-3H3,(H,14,15). The first-order chi connectivity index (χ1) is 23.3. The van der Waals surface area contributed by atoms with Crippen molar-refractivity contribution in [3.8, 4) is 0 Å². The van der Waals surface area contributed by atoms with Gasteiger partial charge in [0.1, 0.15) is 22.5 Å². The average molecular weight is 789 g/mol. The Hall–Kier alpha value is -4.11. The van der Waals surface area contributed by atoms with Crippen LogP contribution >= 0.6 is 46.6 Å². The Bertz CT molecular complexity index is 1690. The molecule has 0 radical (unpaired) electrons. The van der Waals surface area contributed by atoms with Crippen LogP contribution in [0.15, 0.2) is 59.5 Å². The molecule has 0 spiro atoms. The zero-order valence-electron chi connectivity index (χ0n) is 30.0. The highest BCUT2D eigenvalue weighted by atomic mass is 35.5. The zero-order chi connectivity index (χ0) is 39.3. The Morgan fingerprint density at radius 1 is 0.686 bits per heavy atom. The molecule has 0 fully saturated rings. The van der Waals surface area contributed by atoms with Gasteiger partial charge in [0.25, 0.3) is 5.69 Å². The highest BCUT2D eigenvalue weighted by Crippen LogP contribution is 2.29. The molecule has 0 heterocycles. The first-order valence-corrected chi connectivity index (χ1v) is 17.5. The molecule has 0 aromatic heterocycles. The number of carbonyl (C=O) groups excluding carboxylic acids is 3. The number of nitro benzene ring substituents is 1. The number of ether oxygens (including phenoxy) is 3. The number of rotatable bonds is 5. The van der Waals surface area contributed by atoms with E-state index in [1.807, 2.05) is 33.1 Å². The Morgan fingerprint density at radius 3 is 1.51 bits per heavy atom. The summed E-state index contributed by atoms with van der Waals surface area (Å²) in [5, 5.41) is 19.5. The van der Waals surface area contributed by atoms with Crippen LogP contribution in [0.4, 0.5) is 42.8 Å². The van der Waals surface area contributed by atoms with Crippen LogP contribution in [-0.4, -0.2) is 46.3 Å². The smallest absolute Gasteiger partial charge is 0.412 e. The lowest BCUT2D eigenvalue weighted by atomic mass is 10.2. The third-order valence-corrected chi connectivity index (χ3v) is 7.02. The van der Waals surface area contributed by atoms with Crippen molar-refractivity contribution >= 4 is 93.3 Å². The van der Waals surface area contributed by atoms with Crippen molar-refractivity contribution in [2.24, 2.45) is 0 Å². The molecule has 3 amide bonds. The molecular weight excluding hydrogens is 745 g/mol. The van der Waals surface area contributed by atoms with Crippen molar-refractivity contribution in [2.45, 2.75) is 84.0 Å². The summed E-state index contributed by atoms with van der Waals surface area (Å²) in [6.07, 6.45) is 0.189. The predicted octanol–water partition coefficient (Wildman–Crippen LogP) is 11.3. The molecule has 0 unspecified atom stereocenters. The minimum atomic E-state index is -0.757. The number of nitrogens with two attached hydrogens (primary N) is 1. The number of nitro groups is 1. The van der Waals surface area contributed by atoms with Gasteiger partial charge in [0.15, 0.2) is 0 Å². The number of thioether (sulfide) groups is 1. The van der Waals surface area contributed by atoms with Crippen LogP contribution in [0.5, 0.6) is 0 Å². The van der Waals surface area contributed by atoms with E-state index in [9.17, 15) is 24.5 Å². The lowest BCUT2D eigenvalue weighted by Gasteiger charge is -2.19. The van der Waals surface area contributed by atoms with Crippen LogP contribution in [0.1, 0.15) is 62.3 Å². The topological polar surface area (TPSA) is 184 Å². The molecule has 3 aromatic carbocycles. The van der Waals surface area contributed by atoms with Gasteiger partial charge in [-0.3, -0.25) is 26.1 Å². The van der Waals surface area contributed by atoms with Crippen molar-refractivity contribution in [3.05, 3.63) is 79.8 Å². The Labute approximate surface area is 317 Å². The quantitative estimate of drug-likeness (QED) is 0.0637. The molecule has 0 aliphatic carbocycles. The molecule has 3 rings (SSSR count). The van der Waals surface area contributed by atoms with Crippen molar-refractivity contribution in [2.75, 3.05) is 27.9 Å². The molecule has 0 aliphatic rings. The van der Waals surface area contributed by atoms with Gasteiger partial charge in [-0.2, -0.15) is 0 Å². The molecule has 13 nitrogen and oxygen atoms in total. The maximum absolute atomic E-state index is 11.5. The minimum absolute atomic E-state index is 0.0404. The SMILES string of the molecule is CC(C)(C)OC(=O)Nc1ccc(Cl)cc1[N+](=O)[O-].CC(C)(C)OC(=O)Nc1ccc(N)c(Cl)c1.CSc1ccc(NC(=O)OC(C)(C)C)cc1Cl. The number of anilines is 4. The van der Waals surface area contributed by atoms with Crippen LogP contribution in [-0.2, 0) is 14.2 Å². The minimum Gasteiger partial charge on any atom is -0.444 e. The van der Waals surface area contributed by atoms with Gasteiger partial charge in [-0.05, 0) is 117 Å². The number of benzene rings is 3. The number of nitrogens with zero attached hydrogens (tertiary/aromatic N) is 1. The van der Waals surface area contributed by atoms with E-state index in [1.54, 1.807) is 83.6 Å². The number of carbonyl (C=O) groups is 3. The molecule has 0 saturated heterocycles. The Morgan fingerprint density at radius 2 is 1.12 bits per heavy atom. The summed E-state index contributed by atoms with van der Waals surface area (Å²) in [5.74, 6) is 0. The Balaban J connectivity index is 0.000000383. The van der Waals surface area contributed by atoms with Gasteiger partial charge in [0, 0.05) is 27.4 Å². The first-order valence-electron chi connectivity index (χ1n) is 15.1. The monoisotopic (exact) mass is 787 g/mol. The molecule has 280 valence electrons. The molecule has 0 bridgehead atoms. The second kappa shape index (κ2) is 19.5. The van der Waals surface area contributed by atoms with E-state index in [0.29, 0.717) is 27.1 Å². The summed E-state index contributed by atoms with van der Waals surface area (Å²) in [6.45, 7) is 15.9. The summed E-state index contributed by atoms with van der Waals surface area (Å²) >= 11 is 19.1. The highest BCUT2D eigenvalue weighted by molar-refractivity contribution is 7.98. The van der Waals surface area contributed by atoms with E-state index in [4.69, 9.17) is 54.7 Å². The fraction of sp³-hybridized carbons (Fsp3) is 0.382. The lowest BCUT2D eigenvalue weighted by Crippen LogP contribution is -2.27. The number of nitrogens with one attached hydrogen (secondary N) is 3. The summed E-state index contributed by atoms with van der Waals surface area (Å²) in [5.41, 5.74) is 5.24. The van der Waals surface area contributed by atoms with Gasteiger partial charge < -0.3 is 19.9 Å². The van der Waals surface area contributed by atoms with Crippen LogP contribution in [0.3, 0.4) is 0 Å². The normalized spacial score (nSPS) is 11.0. The summed E-state index contributed by atoms with van der Waals surface area (Å²) in [6, 6.07) is 14.2. The molecule has 3 aromatic rings. The molecule has 51 heavy (non-hydrogen) atoms. The zero-order valence-corrected chi connectivity index (χ0v) is 33.1. The predicted molar refractivity (Wildman–Crippen MR) is 207 cm³/mol. The average Bonchev–Trinajstić information content (AvgIpc) is 2.93.